The molecule has 1 atom stereocenters. The second-order valence-corrected chi connectivity index (χ2v) is 5.89. The summed E-state index contributed by atoms with van der Waals surface area (Å²) in [6.45, 7) is 3.41. The molecule has 0 aliphatic heterocycles. The third-order valence-corrected chi connectivity index (χ3v) is 4.13. The van der Waals surface area contributed by atoms with E-state index < -0.39 is 12.1 Å². The van der Waals surface area contributed by atoms with Gasteiger partial charge >= 0.3 is 10.8 Å². The van der Waals surface area contributed by atoms with Gasteiger partial charge in [0.15, 0.2) is 6.10 Å². The number of esters is 1. The van der Waals surface area contributed by atoms with Crippen molar-refractivity contribution < 1.29 is 14.3 Å². The average molecular weight is 334 g/mol. The molecule has 6 nitrogen and oxygen atoms in total. The Morgan fingerprint density at radius 2 is 2.00 bits per heavy atom. The van der Waals surface area contributed by atoms with Crippen LogP contribution in [0, 0.1) is 6.92 Å². The number of carbonyl (C=O) groups is 2. The Morgan fingerprint density at radius 3 is 2.61 bits per heavy atom. The maximum absolute atomic E-state index is 11.9. The lowest BCUT2D eigenvalue weighted by Gasteiger charge is -2.14. The fourth-order valence-electron chi connectivity index (χ4n) is 1.94. The molecule has 0 radical (unpaired) electrons. The first-order chi connectivity index (χ1) is 11.0. The first-order valence-electron chi connectivity index (χ1n) is 7.13. The van der Waals surface area contributed by atoms with Crippen molar-refractivity contribution in [1.29, 1.82) is 0 Å². The van der Waals surface area contributed by atoms with Crippen LogP contribution in [0.4, 0.5) is 0 Å². The molecule has 0 saturated heterocycles. The highest BCUT2D eigenvalue weighted by atomic mass is 32.1. The fourth-order valence-corrected chi connectivity index (χ4v) is 2.68. The van der Waals surface area contributed by atoms with Crippen molar-refractivity contribution in [2.75, 3.05) is 0 Å². The Bertz CT molecular complexity index is 736. The van der Waals surface area contributed by atoms with Crippen molar-refractivity contribution in [3.63, 3.8) is 0 Å². The molecular formula is C16H18N2O4S. The van der Waals surface area contributed by atoms with Crippen LogP contribution in [0.2, 0.25) is 0 Å². The molecule has 1 aromatic carbocycles. The molecule has 1 heterocycles. The van der Waals surface area contributed by atoms with Gasteiger partial charge in [0.2, 0.25) is 0 Å². The molecular weight excluding hydrogens is 316 g/mol. The lowest BCUT2D eigenvalue weighted by Crippen LogP contribution is -2.36. The zero-order valence-electron chi connectivity index (χ0n) is 12.9. The van der Waals surface area contributed by atoms with E-state index in [0.717, 1.165) is 16.9 Å². The van der Waals surface area contributed by atoms with E-state index in [4.69, 9.17) is 4.74 Å². The number of ether oxygens (including phenoxy) is 1. The summed E-state index contributed by atoms with van der Waals surface area (Å²) in [6, 6.07) is 9.44. The average Bonchev–Trinajstić information content (AvgIpc) is 2.85. The van der Waals surface area contributed by atoms with Crippen molar-refractivity contribution in [3.05, 3.63) is 56.6 Å². The van der Waals surface area contributed by atoms with Gasteiger partial charge in [-0.15, -0.1) is 0 Å². The number of benzene rings is 1. The van der Waals surface area contributed by atoms with Crippen molar-refractivity contribution >= 4 is 23.2 Å². The quantitative estimate of drug-likeness (QED) is 0.812. The topological polar surface area (TPSA) is 77.4 Å². The van der Waals surface area contributed by atoms with Crippen LogP contribution in [0.25, 0.3) is 0 Å². The standard InChI is InChI=1S/C16H18N2O4S/c1-11-10-23-16(21)18(11)9-14(19)22-12(2)15(20)17-8-13-6-4-3-5-7-13/h3-7,10,12H,8-9H2,1-2H3,(H,17,20)/t12-/m1/s1. The number of hydrogen-bond donors (Lipinski definition) is 1. The molecule has 1 N–H and O–H groups in total. The third kappa shape index (κ3) is 4.79. The summed E-state index contributed by atoms with van der Waals surface area (Å²) < 4.78 is 6.40. The van der Waals surface area contributed by atoms with Gasteiger partial charge < -0.3 is 10.1 Å². The Labute approximate surface area is 137 Å². The van der Waals surface area contributed by atoms with E-state index in [1.54, 1.807) is 12.3 Å². The number of nitrogens with zero attached hydrogens (tertiary/aromatic N) is 1. The highest BCUT2D eigenvalue weighted by molar-refractivity contribution is 7.07. The molecule has 0 spiro atoms. The molecule has 1 amide bonds. The van der Waals surface area contributed by atoms with Crippen LogP contribution in [0.5, 0.6) is 0 Å². The van der Waals surface area contributed by atoms with Crippen molar-refractivity contribution in [2.45, 2.75) is 33.0 Å². The third-order valence-electron chi connectivity index (χ3n) is 3.25. The Balaban J connectivity index is 1.83. The molecule has 23 heavy (non-hydrogen) atoms. The maximum atomic E-state index is 11.9. The second-order valence-electron chi connectivity index (χ2n) is 5.06. The summed E-state index contributed by atoms with van der Waals surface area (Å²) in [5.74, 6) is -0.993. The minimum Gasteiger partial charge on any atom is -0.451 e. The molecule has 2 rings (SSSR count). The number of nitrogens with one attached hydrogen (secondary N) is 1. The van der Waals surface area contributed by atoms with E-state index in [-0.39, 0.29) is 17.3 Å². The van der Waals surface area contributed by atoms with Gasteiger partial charge in [-0.05, 0) is 19.4 Å². The van der Waals surface area contributed by atoms with Crippen LogP contribution in [-0.4, -0.2) is 22.5 Å². The highest BCUT2D eigenvalue weighted by Gasteiger charge is 2.18. The zero-order chi connectivity index (χ0) is 16.8. The van der Waals surface area contributed by atoms with Gasteiger partial charge in [0.1, 0.15) is 6.54 Å². The first kappa shape index (κ1) is 17.0. The summed E-state index contributed by atoms with van der Waals surface area (Å²) in [5, 5.41) is 4.38. The largest absolute Gasteiger partial charge is 0.451 e. The zero-order valence-corrected chi connectivity index (χ0v) is 13.8. The molecule has 1 aromatic heterocycles. The molecule has 122 valence electrons. The molecule has 0 bridgehead atoms. The van der Waals surface area contributed by atoms with Crippen LogP contribution in [0.3, 0.4) is 0 Å². The molecule has 0 fully saturated rings. The molecule has 0 aliphatic carbocycles. The summed E-state index contributed by atoms with van der Waals surface area (Å²) in [7, 11) is 0. The molecule has 0 unspecified atom stereocenters. The molecule has 0 saturated carbocycles. The van der Waals surface area contributed by atoms with Crippen LogP contribution in [0.15, 0.2) is 40.5 Å². The normalized spacial score (nSPS) is 11.7. The monoisotopic (exact) mass is 334 g/mol. The number of aryl methyl sites for hydroxylation is 1. The van der Waals surface area contributed by atoms with E-state index in [1.807, 2.05) is 30.3 Å². The first-order valence-corrected chi connectivity index (χ1v) is 8.01. The van der Waals surface area contributed by atoms with Gasteiger partial charge in [-0.25, -0.2) is 0 Å². The minimum absolute atomic E-state index is 0.190. The number of carbonyl (C=O) groups excluding carboxylic acids is 2. The highest BCUT2D eigenvalue weighted by Crippen LogP contribution is 2.02. The molecule has 0 aliphatic rings. The van der Waals surface area contributed by atoms with Crippen molar-refractivity contribution in [3.8, 4) is 0 Å². The summed E-state index contributed by atoms with van der Waals surface area (Å²) in [4.78, 5) is 35.1. The Hall–Kier alpha value is -2.41. The lowest BCUT2D eigenvalue weighted by molar-refractivity contribution is -0.155. The lowest BCUT2D eigenvalue weighted by atomic mass is 10.2. The van der Waals surface area contributed by atoms with Gasteiger partial charge in [-0.2, -0.15) is 0 Å². The molecule has 2 aromatic rings. The van der Waals surface area contributed by atoms with Gasteiger partial charge in [0.25, 0.3) is 5.91 Å². The van der Waals surface area contributed by atoms with E-state index in [2.05, 4.69) is 5.32 Å². The Morgan fingerprint density at radius 1 is 1.30 bits per heavy atom. The van der Waals surface area contributed by atoms with Crippen molar-refractivity contribution in [2.24, 2.45) is 0 Å². The van der Waals surface area contributed by atoms with Crippen LogP contribution < -0.4 is 10.2 Å². The van der Waals surface area contributed by atoms with E-state index in [1.165, 1.54) is 11.5 Å². The summed E-state index contributed by atoms with van der Waals surface area (Å²) in [5.41, 5.74) is 1.65. The van der Waals surface area contributed by atoms with Crippen LogP contribution in [-0.2, 0) is 27.4 Å². The number of amides is 1. The van der Waals surface area contributed by atoms with Crippen molar-refractivity contribution in [1.82, 2.24) is 9.88 Å². The van der Waals surface area contributed by atoms with E-state index in [9.17, 15) is 14.4 Å². The number of aromatic nitrogens is 1. The van der Waals surface area contributed by atoms with Gasteiger partial charge in [0, 0.05) is 17.6 Å². The van der Waals surface area contributed by atoms with Gasteiger partial charge in [0.05, 0.1) is 0 Å². The predicted molar refractivity (Wildman–Crippen MR) is 87.2 cm³/mol. The minimum atomic E-state index is -0.916. The summed E-state index contributed by atoms with van der Waals surface area (Å²) in [6.07, 6.45) is -0.916. The SMILES string of the molecule is Cc1csc(=O)n1CC(=O)O[C@H](C)C(=O)NCc1ccccc1. The van der Waals surface area contributed by atoms with E-state index >= 15 is 0 Å². The Kier molecular flexibility index (Phi) is 5.70. The van der Waals surface area contributed by atoms with Gasteiger partial charge in [-0.1, -0.05) is 41.7 Å². The number of hydrogen-bond acceptors (Lipinski definition) is 5. The maximum Gasteiger partial charge on any atom is 0.326 e. The van der Waals surface area contributed by atoms with E-state index in [0.29, 0.717) is 12.2 Å². The van der Waals surface area contributed by atoms with Crippen LogP contribution in [0.1, 0.15) is 18.2 Å². The number of thiazole rings is 1. The number of rotatable bonds is 6. The van der Waals surface area contributed by atoms with Gasteiger partial charge in [-0.3, -0.25) is 19.0 Å². The second kappa shape index (κ2) is 7.73. The fraction of sp³-hybridized carbons (Fsp3) is 0.312. The van der Waals surface area contributed by atoms with Crippen LogP contribution >= 0.6 is 11.3 Å². The predicted octanol–water partition coefficient (Wildman–Crippen LogP) is 1.47. The smallest absolute Gasteiger partial charge is 0.326 e. The molecule has 7 heteroatoms. The summed E-state index contributed by atoms with van der Waals surface area (Å²) >= 11 is 1.02.